The molecule has 2 aromatic rings. The molecular formula is C25H34N4O. The molecule has 1 aromatic carbocycles. The number of carbonyl (C=O) groups excluding carboxylic acids is 1. The van der Waals surface area contributed by atoms with E-state index in [9.17, 15) is 4.79 Å². The number of piperazine rings is 1. The Labute approximate surface area is 180 Å². The van der Waals surface area contributed by atoms with Crippen LogP contribution in [0.1, 0.15) is 37.7 Å². The highest BCUT2D eigenvalue weighted by molar-refractivity contribution is 5.94. The molecule has 30 heavy (non-hydrogen) atoms. The summed E-state index contributed by atoms with van der Waals surface area (Å²) in [6.45, 7) is 6.93. The Morgan fingerprint density at radius 3 is 2.30 bits per heavy atom. The molecule has 0 bridgehead atoms. The first-order chi connectivity index (χ1) is 14.8. The molecule has 5 nitrogen and oxygen atoms in total. The summed E-state index contributed by atoms with van der Waals surface area (Å²) in [4.78, 5) is 24.7. The van der Waals surface area contributed by atoms with Crippen LogP contribution in [0.5, 0.6) is 0 Å². The van der Waals surface area contributed by atoms with Crippen molar-refractivity contribution in [1.82, 2.24) is 14.8 Å². The van der Waals surface area contributed by atoms with Crippen LogP contribution in [0.3, 0.4) is 0 Å². The largest absolute Gasteiger partial charge is 0.299 e. The SMILES string of the molecule is O=C(C1CCCCC1)N(CCN1CCN(Cc2ccccc2)CC1)c1ccccn1. The molecule has 0 unspecified atom stereocenters. The van der Waals surface area contributed by atoms with Gasteiger partial charge in [0.15, 0.2) is 0 Å². The summed E-state index contributed by atoms with van der Waals surface area (Å²) >= 11 is 0. The Kier molecular flexibility index (Phi) is 7.49. The molecule has 1 saturated carbocycles. The quantitative estimate of drug-likeness (QED) is 0.701. The molecule has 1 saturated heterocycles. The van der Waals surface area contributed by atoms with E-state index in [0.29, 0.717) is 0 Å². The molecule has 0 radical (unpaired) electrons. The number of rotatable bonds is 7. The number of hydrogen-bond acceptors (Lipinski definition) is 4. The fourth-order valence-electron chi connectivity index (χ4n) is 4.68. The summed E-state index contributed by atoms with van der Waals surface area (Å²) in [5, 5.41) is 0. The van der Waals surface area contributed by atoms with Crippen LogP contribution in [0.25, 0.3) is 0 Å². The van der Waals surface area contributed by atoms with Crippen molar-refractivity contribution in [3.8, 4) is 0 Å². The molecule has 0 atom stereocenters. The van der Waals surface area contributed by atoms with Crippen molar-refractivity contribution in [2.24, 2.45) is 5.92 Å². The topological polar surface area (TPSA) is 39.7 Å². The summed E-state index contributed by atoms with van der Waals surface area (Å²) < 4.78 is 0. The van der Waals surface area contributed by atoms with Crippen LogP contribution < -0.4 is 4.90 Å². The molecule has 4 rings (SSSR count). The number of benzene rings is 1. The zero-order valence-corrected chi connectivity index (χ0v) is 18.0. The fraction of sp³-hybridized carbons (Fsp3) is 0.520. The molecule has 2 aliphatic rings. The van der Waals surface area contributed by atoms with Gasteiger partial charge in [0.2, 0.25) is 5.91 Å². The van der Waals surface area contributed by atoms with Gasteiger partial charge in [-0.3, -0.25) is 19.5 Å². The molecule has 1 amide bonds. The van der Waals surface area contributed by atoms with Crippen LogP contribution in [-0.4, -0.2) is 60.0 Å². The standard InChI is InChI=1S/C25H34N4O/c30-25(23-11-5-2-6-12-23)29(24-13-7-8-14-26-24)20-19-27-15-17-28(18-16-27)21-22-9-3-1-4-10-22/h1,3-4,7-10,13-14,23H,2,5-6,11-12,15-21H2. The van der Waals surface area contributed by atoms with Gasteiger partial charge in [0, 0.05) is 57.9 Å². The maximum absolute atomic E-state index is 13.3. The van der Waals surface area contributed by atoms with Crippen molar-refractivity contribution in [2.75, 3.05) is 44.2 Å². The Morgan fingerprint density at radius 1 is 0.900 bits per heavy atom. The van der Waals surface area contributed by atoms with Crippen molar-refractivity contribution >= 4 is 11.7 Å². The maximum atomic E-state index is 13.3. The summed E-state index contributed by atoms with van der Waals surface area (Å²) in [6, 6.07) is 16.6. The molecule has 0 N–H and O–H groups in total. The Balaban J connectivity index is 1.31. The lowest BCUT2D eigenvalue weighted by Crippen LogP contribution is -2.49. The highest BCUT2D eigenvalue weighted by atomic mass is 16.2. The van der Waals surface area contributed by atoms with Gasteiger partial charge in [0.05, 0.1) is 0 Å². The second kappa shape index (κ2) is 10.7. The molecule has 1 aliphatic heterocycles. The van der Waals surface area contributed by atoms with Crippen LogP contribution in [-0.2, 0) is 11.3 Å². The van der Waals surface area contributed by atoms with E-state index in [2.05, 4.69) is 45.1 Å². The van der Waals surface area contributed by atoms with Gasteiger partial charge >= 0.3 is 0 Å². The number of amides is 1. The van der Waals surface area contributed by atoms with Gasteiger partial charge in [-0.2, -0.15) is 0 Å². The van der Waals surface area contributed by atoms with Gasteiger partial charge in [0.1, 0.15) is 5.82 Å². The Hall–Kier alpha value is -2.24. The predicted octanol–water partition coefficient (Wildman–Crippen LogP) is 3.81. The van der Waals surface area contributed by atoms with Crippen molar-refractivity contribution in [3.63, 3.8) is 0 Å². The first-order valence-electron chi connectivity index (χ1n) is 11.5. The molecule has 0 spiro atoms. The van der Waals surface area contributed by atoms with E-state index in [0.717, 1.165) is 64.5 Å². The number of aromatic nitrogens is 1. The third-order valence-electron chi connectivity index (χ3n) is 6.50. The Morgan fingerprint density at radius 2 is 1.60 bits per heavy atom. The number of anilines is 1. The average molecular weight is 407 g/mol. The van der Waals surface area contributed by atoms with E-state index >= 15 is 0 Å². The van der Waals surface area contributed by atoms with E-state index in [1.165, 1.54) is 24.8 Å². The van der Waals surface area contributed by atoms with Gasteiger partial charge in [-0.1, -0.05) is 55.7 Å². The van der Waals surface area contributed by atoms with Gasteiger partial charge in [-0.15, -0.1) is 0 Å². The Bertz CT molecular complexity index is 768. The van der Waals surface area contributed by atoms with E-state index in [4.69, 9.17) is 0 Å². The smallest absolute Gasteiger partial charge is 0.231 e. The molecule has 2 fully saturated rings. The van der Waals surface area contributed by atoms with Crippen molar-refractivity contribution in [1.29, 1.82) is 0 Å². The van der Waals surface area contributed by atoms with Crippen molar-refractivity contribution in [3.05, 3.63) is 60.3 Å². The zero-order valence-electron chi connectivity index (χ0n) is 18.0. The third kappa shape index (κ3) is 5.67. The van der Waals surface area contributed by atoms with Gasteiger partial charge in [0.25, 0.3) is 0 Å². The molecule has 160 valence electrons. The number of hydrogen-bond donors (Lipinski definition) is 0. The maximum Gasteiger partial charge on any atom is 0.231 e. The van der Waals surface area contributed by atoms with Gasteiger partial charge in [-0.05, 0) is 30.5 Å². The molecule has 5 heteroatoms. The van der Waals surface area contributed by atoms with Gasteiger partial charge < -0.3 is 0 Å². The van der Waals surface area contributed by atoms with Crippen LogP contribution in [0.15, 0.2) is 54.7 Å². The molecule has 1 aromatic heterocycles. The molecule has 2 heterocycles. The van der Waals surface area contributed by atoms with Gasteiger partial charge in [-0.25, -0.2) is 4.98 Å². The number of pyridine rings is 1. The summed E-state index contributed by atoms with van der Waals surface area (Å²) in [5.41, 5.74) is 1.38. The first-order valence-corrected chi connectivity index (χ1v) is 11.5. The lowest BCUT2D eigenvalue weighted by Gasteiger charge is -2.36. The monoisotopic (exact) mass is 406 g/mol. The van der Waals surface area contributed by atoms with Crippen molar-refractivity contribution < 1.29 is 4.79 Å². The first kappa shape index (κ1) is 21.0. The van der Waals surface area contributed by atoms with Crippen LogP contribution >= 0.6 is 0 Å². The van der Waals surface area contributed by atoms with E-state index < -0.39 is 0 Å². The van der Waals surface area contributed by atoms with Crippen LogP contribution in [0.2, 0.25) is 0 Å². The lowest BCUT2D eigenvalue weighted by molar-refractivity contribution is -0.123. The summed E-state index contributed by atoms with van der Waals surface area (Å²) in [7, 11) is 0. The highest BCUT2D eigenvalue weighted by Gasteiger charge is 2.28. The minimum absolute atomic E-state index is 0.170. The van der Waals surface area contributed by atoms with E-state index in [1.54, 1.807) is 6.20 Å². The molecular weight excluding hydrogens is 372 g/mol. The number of nitrogens with zero attached hydrogens (tertiary/aromatic N) is 4. The third-order valence-corrected chi connectivity index (χ3v) is 6.50. The second-order valence-corrected chi connectivity index (χ2v) is 8.62. The zero-order chi connectivity index (χ0) is 20.6. The average Bonchev–Trinajstić information content (AvgIpc) is 2.82. The normalized spacial score (nSPS) is 18.9. The van der Waals surface area contributed by atoms with Crippen LogP contribution in [0.4, 0.5) is 5.82 Å². The molecule has 1 aliphatic carbocycles. The minimum Gasteiger partial charge on any atom is -0.299 e. The van der Waals surface area contributed by atoms with Crippen molar-refractivity contribution in [2.45, 2.75) is 38.6 Å². The summed E-state index contributed by atoms with van der Waals surface area (Å²) in [6.07, 6.45) is 7.46. The predicted molar refractivity (Wildman–Crippen MR) is 121 cm³/mol. The van der Waals surface area contributed by atoms with E-state index in [1.807, 2.05) is 23.1 Å². The summed E-state index contributed by atoms with van der Waals surface area (Å²) in [5.74, 6) is 1.25. The lowest BCUT2D eigenvalue weighted by atomic mass is 9.88. The van der Waals surface area contributed by atoms with E-state index in [-0.39, 0.29) is 11.8 Å². The minimum atomic E-state index is 0.170. The second-order valence-electron chi connectivity index (χ2n) is 8.62. The fourth-order valence-corrected chi connectivity index (χ4v) is 4.68. The van der Waals surface area contributed by atoms with Crippen LogP contribution in [0, 0.1) is 5.92 Å². The highest BCUT2D eigenvalue weighted by Crippen LogP contribution is 2.27. The number of carbonyl (C=O) groups is 1.